The van der Waals surface area contributed by atoms with E-state index in [1.54, 1.807) is 0 Å². The zero-order chi connectivity index (χ0) is 25.3. The van der Waals surface area contributed by atoms with Crippen molar-refractivity contribution in [2.75, 3.05) is 26.7 Å². The normalized spacial score (nSPS) is 11.6. The van der Waals surface area contributed by atoms with E-state index in [-0.39, 0.29) is 17.9 Å². The summed E-state index contributed by atoms with van der Waals surface area (Å²) in [4.78, 5) is 0. The molecule has 0 aliphatic rings. The van der Waals surface area contributed by atoms with Gasteiger partial charge >= 0.3 is 0 Å². The van der Waals surface area contributed by atoms with Crippen LogP contribution in [0.3, 0.4) is 0 Å². The van der Waals surface area contributed by atoms with Crippen molar-refractivity contribution in [3.8, 4) is 0 Å². The second kappa shape index (κ2) is 27.8. The fraction of sp³-hybridized carbons (Fsp3) is 1.00. The van der Waals surface area contributed by atoms with Crippen LogP contribution in [0.1, 0.15) is 170 Å². The van der Waals surface area contributed by atoms with Crippen molar-refractivity contribution in [2.45, 2.75) is 175 Å². The zero-order valence-corrected chi connectivity index (χ0v) is 25.9. The van der Waals surface area contributed by atoms with Crippen molar-refractivity contribution in [3.63, 3.8) is 0 Å². The molecule has 0 aromatic carbocycles. The van der Waals surface area contributed by atoms with E-state index >= 15 is 0 Å². The summed E-state index contributed by atoms with van der Waals surface area (Å²) in [5, 5.41) is 0. The molecular weight excluding hydrogens is 436 g/mol. The Hall–Kier alpha value is 0.210. The SMILES string of the molecule is CCCC(C)(C)N.CCCCCCCC[N+](C)(CCCCCCCC)CCCCCCCC.[Cl-]. The molecule has 210 valence electrons. The number of hydrogen-bond acceptors (Lipinski definition) is 1. The van der Waals surface area contributed by atoms with E-state index in [1.165, 1.54) is 146 Å². The Bertz CT molecular complexity index is 324. The second-order valence-electron chi connectivity index (χ2n) is 11.8. The summed E-state index contributed by atoms with van der Waals surface area (Å²) >= 11 is 0. The third kappa shape index (κ3) is 32.2. The Morgan fingerprint density at radius 1 is 0.471 bits per heavy atom. The quantitative estimate of drug-likeness (QED) is 0.117. The van der Waals surface area contributed by atoms with E-state index < -0.39 is 0 Å². The van der Waals surface area contributed by atoms with Crippen molar-refractivity contribution in [1.29, 1.82) is 0 Å². The predicted octanol–water partition coefficient (Wildman–Crippen LogP) is 7.04. The average Bonchev–Trinajstić information content (AvgIpc) is 2.75. The van der Waals surface area contributed by atoms with Crippen molar-refractivity contribution in [2.24, 2.45) is 5.73 Å². The van der Waals surface area contributed by atoms with E-state index in [0.717, 1.165) is 6.42 Å². The van der Waals surface area contributed by atoms with Crippen LogP contribution in [0.25, 0.3) is 0 Å². The molecule has 0 unspecified atom stereocenters. The molecule has 2 nitrogen and oxygen atoms in total. The minimum absolute atomic E-state index is 0. The van der Waals surface area contributed by atoms with Crippen molar-refractivity contribution >= 4 is 0 Å². The summed E-state index contributed by atoms with van der Waals surface area (Å²) in [6, 6.07) is 0. The van der Waals surface area contributed by atoms with Gasteiger partial charge in [0.15, 0.2) is 0 Å². The lowest BCUT2D eigenvalue weighted by molar-refractivity contribution is -0.910. The highest BCUT2D eigenvalue weighted by atomic mass is 35.5. The summed E-state index contributed by atoms with van der Waals surface area (Å²) in [5.41, 5.74) is 5.70. The van der Waals surface area contributed by atoms with Crippen LogP contribution in [-0.4, -0.2) is 36.7 Å². The molecule has 34 heavy (non-hydrogen) atoms. The van der Waals surface area contributed by atoms with Gasteiger partial charge in [-0.3, -0.25) is 0 Å². The molecule has 0 heterocycles. The van der Waals surface area contributed by atoms with E-state index in [0.29, 0.717) is 0 Å². The molecule has 0 fully saturated rings. The van der Waals surface area contributed by atoms with Gasteiger partial charge in [0.2, 0.25) is 0 Å². The molecule has 0 amide bonds. The van der Waals surface area contributed by atoms with Crippen LogP contribution in [0.2, 0.25) is 0 Å². The summed E-state index contributed by atoms with van der Waals surface area (Å²) in [7, 11) is 2.56. The lowest BCUT2D eigenvalue weighted by atomic mass is 10.0. The molecule has 0 rings (SSSR count). The molecule has 0 bridgehead atoms. The predicted molar refractivity (Wildman–Crippen MR) is 154 cm³/mol. The lowest BCUT2D eigenvalue weighted by Crippen LogP contribution is -3.00. The molecule has 0 radical (unpaired) electrons. The summed E-state index contributed by atoms with van der Waals surface area (Å²) in [5.74, 6) is 0. The van der Waals surface area contributed by atoms with Crippen LogP contribution >= 0.6 is 0 Å². The number of nitrogens with two attached hydrogens (primary N) is 1. The summed E-state index contributed by atoms with van der Waals surface area (Å²) < 4.78 is 1.36. The molecule has 0 aliphatic heterocycles. The minimum Gasteiger partial charge on any atom is -1.00 e. The van der Waals surface area contributed by atoms with Crippen LogP contribution in [0.15, 0.2) is 0 Å². The highest BCUT2D eigenvalue weighted by Crippen LogP contribution is 2.16. The second-order valence-corrected chi connectivity index (χ2v) is 11.8. The molecular formula is C31H69ClN2. The van der Waals surface area contributed by atoms with E-state index in [1.807, 2.05) is 0 Å². The fourth-order valence-electron chi connectivity index (χ4n) is 4.80. The maximum Gasteiger partial charge on any atom is 0.0784 e. The molecule has 0 aromatic heterocycles. The standard InChI is InChI=1S/C25H54N.C6H15N.ClH/c1-5-8-11-14-17-20-23-26(4,24-21-18-15-12-9-6-2)25-22-19-16-13-10-7-3;1-4-5-6(2,3)7;/h5-25H2,1-4H3;4-5,7H2,1-3H3;1H/q+1;;/p-1. The smallest absolute Gasteiger partial charge is 0.0784 e. The molecule has 0 saturated carbocycles. The number of nitrogens with zero attached hydrogens (tertiary/aromatic N) is 1. The van der Waals surface area contributed by atoms with Gasteiger partial charge in [-0.1, -0.05) is 111 Å². The van der Waals surface area contributed by atoms with Crippen LogP contribution < -0.4 is 18.1 Å². The molecule has 0 aromatic rings. The molecule has 3 heteroatoms. The third-order valence-electron chi connectivity index (χ3n) is 7.05. The lowest BCUT2D eigenvalue weighted by Gasteiger charge is -2.35. The van der Waals surface area contributed by atoms with Crippen LogP contribution in [0.4, 0.5) is 0 Å². The fourth-order valence-corrected chi connectivity index (χ4v) is 4.80. The van der Waals surface area contributed by atoms with Gasteiger partial charge in [-0.15, -0.1) is 0 Å². The Morgan fingerprint density at radius 3 is 0.941 bits per heavy atom. The van der Waals surface area contributed by atoms with E-state index in [9.17, 15) is 0 Å². The Balaban J connectivity index is -0.00000104. The van der Waals surface area contributed by atoms with E-state index in [2.05, 4.69) is 48.6 Å². The van der Waals surface area contributed by atoms with E-state index in [4.69, 9.17) is 5.73 Å². The number of hydrogen-bond donors (Lipinski definition) is 1. The molecule has 0 saturated heterocycles. The molecule has 0 atom stereocenters. The molecule has 0 spiro atoms. The Labute approximate surface area is 224 Å². The molecule has 0 aliphatic carbocycles. The molecule has 2 N–H and O–H groups in total. The van der Waals surface area contributed by atoms with Crippen molar-refractivity contribution in [1.82, 2.24) is 0 Å². The van der Waals surface area contributed by atoms with Crippen LogP contribution in [-0.2, 0) is 0 Å². The summed E-state index contributed by atoms with van der Waals surface area (Å²) in [6.45, 7) is 17.5. The van der Waals surface area contributed by atoms with Crippen molar-refractivity contribution in [3.05, 3.63) is 0 Å². The van der Waals surface area contributed by atoms with Crippen molar-refractivity contribution < 1.29 is 16.9 Å². The highest BCUT2D eigenvalue weighted by Gasteiger charge is 2.20. The van der Waals surface area contributed by atoms with Gasteiger partial charge in [-0.2, -0.15) is 0 Å². The highest BCUT2D eigenvalue weighted by molar-refractivity contribution is 4.69. The minimum atomic E-state index is 0. The van der Waals surface area contributed by atoms with Crippen LogP contribution in [0, 0.1) is 0 Å². The van der Waals surface area contributed by atoms with Crippen LogP contribution in [0.5, 0.6) is 0 Å². The van der Waals surface area contributed by atoms with Gasteiger partial charge in [-0.05, 0) is 58.8 Å². The first kappa shape index (κ1) is 38.7. The average molecular weight is 505 g/mol. The zero-order valence-electron chi connectivity index (χ0n) is 25.2. The van der Waals surface area contributed by atoms with Gasteiger partial charge in [0.25, 0.3) is 0 Å². The maximum absolute atomic E-state index is 5.65. The number of rotatable bonds is 23. The first-order chi connectivity index (χ1) is 15.7. The Morgan fingerprint density at radius 2 is 0.735 bits per heavy atom. The van der Waals surface area contributed by atoms with Gasteiger partial charge in [-0.25, -0.2) is 0 Å². The number of halogens is 1. The monoisotopic (exact) mass is 505 g/mol. The number of unbranched alkanes of at least 4 members (excludes halogenated alkanes) is 15. The first-order valence-electron chi connectivity index (χ1n) is 15.4. The first-order valence-corrected chi connectivity index (χ1v) is 15.4. The topological polar surface area (TPSA) is 26.0 Å². The Kier molecular flexibility index (Phi) is 31.7. The van der Waals surface area contributed by atoms with Gasteiger partial charge in [0.1, 0.15) is 0 Å². The van der Waals surface area contributed by atoms with Gasteiger partial charge in [0, 0.05) is 5.54 Å². The van der Waals surface area contributed by atoms with Gasteiger partial charge in [0.05, 0.1) is 26.7 Å². The number of quaternary nitrogens is 1. The van der Waals surface area contributed by atoms with Gasteiger partial charge < -0.3 is 22.6 Å². The maximum atomic E-state index is 5.65. The largest absolute Gasteiger partial charge is 1.00 e. The summed E-state index contributed by atoms with van der Waals surface area (Å²) in [6.07, 6.45) is 28.2. The third-order valence-corrected chi connectivity index (χ3v) is 7.05.